The van der Waals surface area contributed by atoms with Crippen LogP contribution in [0.1, 0.15) is 42.4 Å². The zero-order valence-corrected chi connectivity index (χ0v) is 11.3. The van der Waals surface area contributed by atoms with Crippen LogP contribution in [0.5, 0.6) is 0 Å². The Labute approximate surface area is 106 Å². The van der Waals surface area contributed by atoms with E-state index in [2.05, 4.69) is 19.1 Å². The number of aryl methyl sites for hydroxylation is 1. The number of rotatable bonds is 4. The number of hydrogen-bond acceptors (Lipinski definition) is 2. The lowest BCUT2D eigenvalue weighted by molar-refractivity contribution is 0.668. The first-order chi connectivity index (χ1) is 8.20. The van der Waals surface area contributed by atoms with Gasteiger partial charge in [0.25, 0.3) is 0 Å². The van der Waals surface area contributed by atoms with Crippen LogP contribution < -0.4 is 5.73 Å². The molecule has 1 aromatic rings. The van der Waals surface area contributed by atoms with Gasteiger partial charge in [0.1, 0.15) is 0 Å². The molecule has 1 saturated carbocycles. The molecular weight excluding hydrogens is 230 g/mol. The van der Waals surface area contributed by atoms with Crippen molar-refractivity contribution in [2.24, 2.45) is 5.73 Å². The van der Waals surface area contributed by atoms with Crippen LogP contribution in [0.4, 0.5) is 0 Å². The highest BCUT2D eigenvalue weighted by molar-refractivity contribution is 7.84. The molecule has 0 radical (unpaired) electrons. The minimum atomic E-state index is -0.696. The molecule has 2 rings (SSSR count). The van der Waals surface area contributed by atoms with Crippen LogP contribution >= 0.6 is 0 Å². The van der Waals surface area contributed by atoms with Gasteiger partial charge in [-0.2, -0.15) is 0 Å². The second kappa shape index (κ2) is 5.78. The van der Waals surface area contributed by atoms with Gasteiger partial charge in [0.05, 0.1) is 0 Å². The number of nitrogens with two attached hydrogens (primary N) is 1. The summed E-state index contributed by atoms with van der Waals surface area (Å²) in [6, 6.07) is 6.25. The summed E-state index contributed by atoms with van der Waals surface area (Å²) in [5, 5.41) is 0.434. The molecule has 1 aliphatic carbocycles. The van der Waals surface area contributed by atoms with Crippen molar-refractivity contribution in [3.63, 3.8) is 0 Å². The first kappa shape index (κ1) is 12.8. The van der Waals surface area contributed by atoms with Crippen LogP contribution in [0.2, 0.25) is 0 Å². The van der Waals surface area contributed by atoms with E-state index in [4.69, 9.17) is 5.73 Å². The zero-order valence-electron chi connectivity index (χ0n) is 10.4. The van der Waals surface area contributed by atoms with Crippen LogP contribution in [0.15, 0.2) is 18.2 Å². The summed E-state index contributed by atoms with van der Waals surface area (Å²) in [4.78, 5) is 0. The third kappa shape index (κ3) is 3.17. The highest BCUT2D eigenvalue weighted by Gasteiger charge is 2.21. The number of benzene rings is 1. The standard InChI is InChI=1S/C14H21NOS/c1-11-8-12(9-15)6-7-13(11)10-17(16)14-4-2-3-5-14/h6-8,14H,2-5,9-10,15H2,1H3. The lowest BCUT2D eigenvalue weighted by atomic mass is 10.1. The molecule has 0 aromatic heterocycles. The van der Waals surface area contributed by atoms with Gasteiger partial charge in [-0.15, -0.1) is 0 Å². The summed E-state index contributed by atoms with van der Waals surface area (Å²) in [5.41, 5.74) is 9.20. The molecule has 0 saturated heterocycles. The van der Waals surface area contributed by atoms with Gasteiger partial charge in [0.2, 0.25) is 0 Å². The van der Waals surface area contributed by atoms with Crippen molar-refractivity contribution in [2.45, 2.75) is 50.2 Å². The van der Waals surface area contributed by atoms with Crippen LogP contribution in [-0.4, -0.2) is 9.46 Å². The summed E-state index contributed by atoms with van der Waals surface area (Å²) in [7, 11) is -0.696. The molecule has 1 fully saturated rings. The van der Waals surface area contributed by atoms with E-state index in [1.165, 1.54) is 24.0 Å². The largest absolute Gasteiger partial charge is 0.326 e. The molecule has 0 amide bonds. The van der Waals surface area contributed by atoms with Gasteiger partial charge in [0, 0.05) is 28.3 Å². The Morgan fingerprint density at radius 1 is 1.35 bits per heavy atom. The second-order valence-electron chi connectivity index (χ2n) is 4.90. The lowest BCUT2D eigenvalue weighted by Crippen LogP contribution is -2.13. The highest BCUT2D eigenvalue weighted by Crippen LogP contribution is 2.25. The van der Waals surface area contributed by atoms with Gasteiger partial charge in [-0.05, 0) is 36.5 Å². The average molecular weight is 251 g/mol. The minimum absolute atomic E-state index is 0.434. The van der Waals surface area contributed by atoms with Crippen LogP contribution in [-0.2, 0) is 23.1 Å². The Morgan fingerprint density at radius 2 is 2.06 bits per heavy atom. The van der Waals surface area contributed by atoms with E-state index in [1.54, 1.807) is 0 Å². The van der Waals surface area contributed by atoms with Crippen molar-refractivity contribution in [2.75, 3.05) is 0 Å². The van der Waals surface area contributed by atoms with E-state index in [0.29, 0.717) is 17.5 Å². The molecule has 2 N–H and O–H groups in total. The zero-order chi connectivity index (χ0) is 12.3. The van der Waals surface area contributed by atoms with Gasteiger partial charge in [0.15, 0.2) is 0 Å². The Kier molecular flexibility index (Phi) is 4.35. The molecule has 2 nitrogen and oxygen atoms in total. The Bertz CT molecular complexity index is 411. The smallest absolute Gasteiger partial charge is 0.0491 e. The van der Waals surface area contributed by atoms with Crippen molar-refractivity contribution in [3.8, 4) is 0 Å². The van der Waals surface area contributed by atoms with Crippen molar-refractivity contribution in [1.82, 2.24) is 0 Å². The van der Waals surface area contributed by atoms with Crippen LogP contribution in [0, 0.1) is 6.92 Å². The molecule has 1 aromatic carbocycles. The fraction of sp³-hybridized carbons (Fsp3) is 0.571. The molecule has 0 heterocycles. The molecule has 0 aliphatic heterocycles. The molecule has 1 unspecified atom stereocenters. The molecule has 0 spiro atoms. The van der Waals surface area contributed by atoms with E-state index in [-0.39, 0.29) is 0 Å². The monoisotopic (exact) mass is 251 g/mol. The van der Waals surface area contributed by atoms with Crippen LogP contribution in [0.25, 0.3) is 0 Å². The summed E-state index contributed by atoms with van der Waals surface area (Å²) < 4.78 is 12.2. The number of hydrogen-bond donors (Lipinski definition) is 1. The maximum atomic E-state index is 12.2. The molecule has 1 aliphatic rings. The fourth-order valence-electron chi connectivity index (χ4n) is 2.47. The van der Waals surface area contributed by atoms with Crippen molar-refractivity contribution in [3.05, 3.63) is 34.9 Å². The first-order valence-electron chi connectivity index (χ1n) is 6.36. The molecule has 0 bridgehead atoms. The molecular formula is C14H21NOS. The SMILES string of the molecule is Cc1cc(CN)ccc1CS(=O)C1CCCC1. The summed E-state index contributed by atoms with van der Waals surface area (Å²) in [6.45, 7) is 2.66. The van der Waals surface area contributed by atoms with Crippen molar-refractivity contribution >= 4 is 10.8 Å². The maximum absolute atomic E-state index is 12.2. The van der Waals surface area contributed by atoms with Gasteiger partial charge >= 0.3 is 0 Å². The predicted molar refractivity (Wildman–Crippen MR) is 73.2 cm³/mol. The second-order valence-corrected chi connectivity index (χ2v) is 6.61. The van der Waals surface area contributed by atoms with Crippen molar-refractivity contribution in [1.29, 1.82) is 0 Å². The fourth-order valence-corrected chi connectivity index (χ4v) is 4.19. The maximum Gasteiger partial charge on any atom is 0.0491 e. The average Bonchev–Trinajstić information content (AvgIpc) is 2.85. The predicted octanol–water partition coefficient (Wildman–Crippen LogP) is 2.65. The van der Waals surface area contributed by atoms with Gasteiger partial charge in [-0.1, -0.05) is 31.0 Å². The Morgan fingerprint density at radius 3 is 2.65 bits per heavy atom. The summed E-state index contributed by atoms with van der Waals surface area (Å²) >= 11 is 0. The lowest BCUT2D eigenvalue weighted by Gasteiger charge is -2.11. The minimum Gasteiger partial charge on any atom is -0.326 e. The van der Waals surface area contributed by atoms with E-state index in [9.17, 15) is 4.21 Å². The topological polar surface area (TPSA) is 43.1 Å². The van der Waals surface area contributed by atoms with Crippen LogP contribution in [0.3, 0.4) is 0 Å². The van der Waals surface area contributed by atoms with E-state index in [0.717, 1.165) is 18.4 Å². The quantitative estimate of drug-likeness (QED) is 0.894. The highest BCUT2D eigenvalue weighted by atomic mass is 32.2. The molecule has 1 atom stereocenters. The summed E-state index contributed by atoms with van der Waals surface area (Å²) in [5.74, 6) is 0.710. The molecule has 94 valence electrons. The molecule has 3 heteroatoms. The van der Waals surface area contributed by atoms with Gasteiger partial charge in [-0.25, -0.2) is 0 Å². The normalized spacial score (nSPS) is 18.5. The van der Waals surface area contributed by atoms with Gasteiger partial charge < -0.3 is 5.73 Å². The van der Waals surface area contributed by atoms with E-state index < -0.39 is 10.8 Å². The third-order valence-corrected chi connectivity index (χ3v) is 5.42. The van der Waals surface area contributed by atoms with E-state index in [1.807, 2.05) is 6.07 Å². The van der Waals surface area contributed by atoms with Gasteiger partial charge in [-0.3, -0.25) is 4.21 Å². The molecule has 17 heavy (non-hydrogen) atoms. The first-order valence-corrected chi connectivity index (χ1v) is 7.74. The third-order valence-electron chi connectivity index (χ3n) is 3.61. The van der Waals surface area contributed by atoms with Crippen molar-refractivity contribution < 1.29 is 4.21 Å². The summed E-state index contributed by atoms with van der Waals surface area (Å²) in [6.07, 6.45) is 4.79. The Hall–Kier alpha value is -0.670. The van der Waals surface area contributed by atoms with E-state index >= 15 is 0 Å². The Balaban J connectivity index is 2.05.